The van der Waals surface area contributed by atoms with Crippen molar-refractivity contribution in [2.24, 2.45) is 0 Å². The third-order valence-corrected chi connectivity index (χ3v) is 5.25. The van der Waals surface area contributed by atoms with Gasteiger partial charge in [0.2, 0.25) is 0 Å². The van der Waals surface area contributed by atoms with Gasteiger partial charge in [-0.1, -0.05) is 29.3 Å². The van der Waals surface area contributed by atoms with Crippen LogP contribution in [0.4, 0.5) is 0 Å². The molecule has 0 saturated carbocycles. The van der Waals surface area contributed by atoms with E-state index in [0.717, 1.165) is 0 Å². The van der Waals surface area contributed by atoms with Crippen LogP contribution in [0.1, 0.15) is 20.3 Å². The molecule has 0 bridgehead atoms. The predicted octanol–water partition coefficient (Wildman–Crippen LogP) is 3.56. The standard InChI is InChI=1S/C13H18Cl2O4S/c1-3-18-12(19-4-2)8-9-20(16,17)13-10(14)6-5-7-11(13)15/h5-7,12H,3-4,8-9H2,1-2H3. The Morgan fingerprint density at radius 1 is 1.10 bits per heavy atom. The molecule has 0 radical (unpaired) electrons. The summed E-state index contributed by atoms with van der Waals surface area (Å²) in [5.74, 6) is -0.138. The van der Waals surface area contributed by atoms with E-state index in [2.05, 4.69) is 0 Å². The first-order valence-electron chi connectivity index (χ1n) is 6.32. The van der Waals surface area contributed by atoms with Crippen molar-refractivity contribution in [2.45, 2.75) is 31.5 Å². The number of sulfone groups is 1. The summed E-state index contributed by atoms with van der Waals surface area (Å²) in [5.41, 5.74) is 0. The fourth-order valence-corrected chi connectivity index (χ4v) is 4.26. The van der Waals surface area contributed by atoms with E-state index in [1.54, 1.807) is 6.07 Å². The third-order valence-electron chi connectivity index (χ3n) is 2.56. The van der Waals surface area contributed by atoms with Crippen molar-refractivity contribution in [3.63, 3.8) is 0 Å². The Hall–Kier alpha value is -0.330. The first-order chi connectivity index (χ1) is 9.42. The van der Waals surface area contributed by atoms with Crippen LogP contribution in [0.5, 0.6) is 0 Å². The number of halogens is 2. The highest BCUT2D eigenvalue weighted by atomic mass is 35.5. The lowest BCUT2D eigenvalue weighted by molar-refractivity contribution is -0.136. The molecule has 0 N–H and O–H groups in total. The summed E-state index contributed by atoms with van der Waals surface area (Å²) in [7, 11) is -3.58. The number of rotatable bonds is 8. The SMILES string of the molecule is CCOC(CCS(=O)(=O)c1c(Cl)cccc1Cl)OCC. The van der Waals surface area contributed by atoms with Gasteiger partial charge < -0.3 is 9.47 Å². The van der Waals surface area contributed by atoms with Crippen LogP contribution in [0.15, 0.2) is 23.1 Å². The summed E-state index contributed by atoms with van der Waals surface area (Å²) < 4.78 is 35.3. The monoisotopic (exact) mass is 340 g/mol. The van der Waals surface area contributed by atoms with Gasteiger partial charge in [-0.2, -0.15) is 0 Å². The minimum Gasteiger partial charge on any atom is -0.353 e. The van der Waals surface area contributed by atoms with E-state index < -0.39 is 16.1 Å². The minimum absolute atomic E-state index is 0.0323. The summed E-state index contributed by atoms with van der Waals surface area (Å²) in [6, 6.07) is 4.61. The summed E-state index contributed by atoms with van der Waals surface area (Å²) in [4.78, 5) is -0.0323. The van der Waals surface area contributed by atoms with Gasteiger partial charge in [0.05, 0.1) is 15.8 Å². The van der Waals surface area contributed by atoms with Crippen LogP contribution in [0.2, 0.25) is 10.0 Å². The molecule has 0 heterocycles. The molecule has 0 aliphatic heterocycles. The van der Waals surface area contributed by atoms with Gasteiger partial charge in [-0.15, -0.1) is 0 Å². The second kappa shape index (κ2) is 8.20. The first kappa shape index (κ1) is 17.7. The van der Waals surface area contributed by atoms with Crippen molar-refractivity contribution < 1.29 is 17.9 Å². The highest BCUT2D eigenvalue weighted by Gasteiger charge is 2.23. The van der Waals surface area contributed by atoms with Gasteiger partial charge in [0.1, 0.15) is 4.90 Å². The largest absolute Gasteiger partial charge is 0.353 e. The molecule has 0 unspecified atom stereocenters. The van der Waals surface area contributed by atoms with E-state index >= 15 is 0 Å². The van der Waals surface area contributed by atoms with Crippen molar-refractivity contribution >= 4 is 33.0 Å². The van der Waals surface area contributed by atoms with E-state index in [4.69, 9.17) is 32.7 Å². The number of ether oxygens (including phenoxy) is 2. The van der Waals surface area contributed by atoms with Crippen molar-refractivity contribution in [1.29, 1.82) is 0 Å². The maximum atomic E-state index is 12.3. The van der Waals surface area contributed by atoms with Crippen LogP contribution in [0.3, 0.4) is 0 Å². The molecule has 0 atom stereocenters. The Morgan fingerprint density at radius 3 is 2.05 bits per heavy atom. The van der Waals surface area contributed by atoms with Crippen LogP contribution >= 0.6 is 23.2 Å². The average Bonchev–Trinajstić information content (AvgIpc) is 2.36. The summed E-state index contributed by atoms with van der Waals surface area (Å²) >= 11 is 11.9. The predicted molar refractivity (Wildman–Crippen MR) is 80.2 cm³/mol. The maximum Gasteiger partial charge on any atom is 0.181 e. The van der Waals surface area contributed by atoms with Crippen LogP contribution in [0, 0.1) is 0 Å². The molecule has 0 aliphatic rings. The molecular weight excluding hydrogens is 323 g/mol. The van der Waals surface area contributed by atoms with Crippen LogP contribution in [-0.4, -0.2) is 33.7 Å². The van der Waals surface area contributed by atoms with Gasteiger partial charge in [-0.25, -0.2) is 8.42 Å². The third kappa shape index (κ3) is 4.90. The van der Waals surface area contributed by atoms with Gasteiger partial charge in [0.15, 0.2) is 16.1 Å². The lowest BCUT2D eigenvalue weighted by atomic mass is 10.4. The minimum atomic E-state index is -3.58. The van der Waals surface area contributed by atoms with E-state index in [1.807, 2.05) is 13.8 Å². The molecule has 1 aromatic rings. The van der Waals surface area contributed by atoms with Gasteiger partial charge in [0.25, 0.3) is 0 Å². The normalized spacial score (nSPS) is 12.1. The molecule has 114 valence electrons. The Bertz CT molecular complexity index is 505. The average molecular weight is 341 g/mol. The van der Waals surface area contributed by atoms with E-state index in [1.165, 1.54) is 12.1 Å². The molecule has 0 aromatic heterocycles. The first-order valence-corrected chi connectivity index (χ1v) is 8.73. The zero-order valence-corrected chi connectivity index (χ0v) is 13.8. The zero-order chi connectivity index (χ0) is 15.2. The number of hydrogen-bond donors (Lipinski definition) is 0. The molecule has 7 heteroatoms. The number of hydrogen-bond acceptors (Lipinski definition) is 4. The quantitative estimate of drug-likeness (QED) is 0.679. The Labute approximate surface area is 129 Å². The van der Waals surface area contributed by atoms with Gasteiger partial charge in [-0.3, -0.25) is 0 Å². The van der Waals surface area contributed by atoms with Crippen LogP contribution in [-0.2, 0) is 19.3 Å². The van der Waals surface area contributed by atoms with Gasteiger partial charge in [0, 0.05) is 19.6 Å². The Balaban J connectivity index is 2.84. The Kier molecular flexibility index (Phi) is 7.26. The molecule has 0 fully saturated rings. The second-order valence-corrected chi connectivity index (χ2v) is 6.86. The van der Waals surface area contributed by atoms with Gasteiger partial charge >= 0.3 is 0 Å². The number of benzene rings is 1. The van der Waals surface area contributed by atoms with Crippen molar-refractivity contribution in [3.8, 4) is 0 Å². The van der Waals surface area contributed by atoms with Crippen LogP contribution in [0.25, 0.3) is 0 Å². The summed E-state index contributed by atoms with van der Waals surface area (Å²) in [6.07, 6.45) is -0.313. The molecular formula is C13H18Cl2O4S. The highest BCUT2D eigenvalue weighted by molar-refractivity contribution is 7.91. The molecule has 1 rings (SSSR count). The van der Waals surface area contributed by atoms with E-state index in [-0.39, 0.29) is 27.1 Å². The molecule has 0 saturated heterocycles. The molecule has 0 amide bonds. The van der Waals surface area contributed by atoms with E-state index in [9.17, 15) is 8.42 Å². The molecule has 0 aliphatic carbocycles. The lowest BCUT2D eigenvalue weighted by Gasteiger charge is -2.17. The lowest BCUT2D eigenvalue weighted by Crippen LogP contribution is -2.22. The van der Waals surface area contributed by atoms with Crippen LogP contribution < -0.4 is 0 Å². The molecule has 0 spiro atoms. The Morgan fingerprint density at radius 2 is 1.60 bits per heavy atom. The highest BCUT2D eigenvalue weighted by Crippen LogP contribution is 2.30. The second-order valence-electron chi connectivity index (χ2n) is 4.00. The molecule has 4 nitrogen and oxygen atoms in total. The topological polar surface area (TPSA) is 52.6 Å². The fraction of sp³-hybridized carbons (Fsp3) is 0.538. The molecule has 1 aromatic carbocycles. The summed E-state index contributed by atoms with van der Waals surface area (Å²) in [6.45, 7) is 4.56. The molecule has 20 heavy (non-hydrogen) atoms. The zero-order valence-electron chi connectivity index (χ0n) is 11.4. The van der Waals surface area contributed by atoms with Crippen molar-refractivity contribution in [1.82, 2.24) is 0 Å². The van der Waals surface area contributed by atoms with Crippen molar-refractivity contribution in [3.05, 3.63) is 28.2 Å². The smallest absolute Gasteiger partial charge is 0.181 e. The summed E-state index contributed by atoms with van der Waals surface area (Å²) in [5, 5.41) is 0.253. The fourth-order valence-electron chi connectivity index (χ4n) is 1.72. The van der Waals surface area contributed by atoms with Gasteiger partial charge in [-0.05, 0) is 26.0 Å². The maximum absolute atomic E-state index is 12.3. The van der Waals surface area contributed by atoms with Crippen molar-refractivity contribution in [2.75, 3.05) is 19.0 Å². The van der Waals surface area contributed by atoms with E-state index in [0.29, 0.717) is 13.2 Å².